The topological polar surface area (TPSA) is 43.8 Å². The van der Waals surface area contributed by atoms with Gasteiger partial charge in [-0.1, -0.05) is 71.4 Å². The highest BCUT2D eigenvalue weighted by atomic mass is 32.2. The van der Waals surface area contributed by atoms with E-state index in [1.165, 1.54) is 16.7 Å². The van der Waals surface area contributed by atoms with Gasteiger partial charge in [0.05, 0.1) is 11.9 Å². The molecule has 2 N–H and O–H groups in total. The molecule has 0 aliphatic carbocycles. The third-order valence-electron chi connectivity index (χ3n) is 3.42. The van der Waals surface area contributed by atoms with E-state index in [1.54, 1.807) is 16.4 Å². The molecule has 0 bridgehead atoms. The summed E-state index contributed by atoms with van der Waals surface area (Å²) in [5.74, 6) is 6.90. The Kier molecular flexibility index (Phi) is 4.20. The number of hydrogen-bond acceptors (Lipinski definition) is 3. The van der Waals surface area contributed by atoms with Crippen molar-refractivity contribution in [2.24, 2.45) is 0 Å². The van der Waals surface area contributed by atoms with E-state index >= 15 is 0 Å². The molecular weight excluding hydrogens is 290 g/mol. The second kappa shape index (κ2) is 6.28. The van der Waals surface area contributed by atoms with E-state index in [9.17, 15) is 0 Å². The van der Waals surface area contributed by atoms with E-state index < -0.39 is 0 Å². The van der Waals surface area contributed by atoms with E-state index in [0.29, 0.717) is 0 Å². The first-order valence-electron chi connectivity index (χ1n) is 7.21. The molecule has 2 aromatic carbocycles. The summed E-state index contributed by atoms with van der Waals surface area (Å²) < 4.78 is 1.61. The first-order valence-corrected chi connectivity index (χ1v) is 8.20. The van der Waals surface area contributed by atoms with Gasteiger partial charge in [-0.2, -0.15) is 0 Å². The molecule has 0 aliphatic rings. The second-order valence-electron chi connectivity index (χ2n) is 5.47. The van der Waals surface area contributed by atoms with Crippen molar-refractivity contribution in [2.45, 2.75) is 24.8 Å². The van der Waals surface area contributed by atoms with Crippen molar-refractivity contribution >= 4 is 11.8 Å². The average molecular weight is 309 g/mol. The van der Waals surface area contributed by atoms with E-state index in [2.05, 4.69) is 37.0 Å². The van der Waals surface area contributed by atoms with Gasteiger partial charge in [0, 0.05) is 11.3 Å². The van der Waals surface area contributed by atoms with Crippen LogP contribution in [-0.2, 0) is 5.75 Å². The van der Waals surface area contributed by atoms with E-state index in [4.69, 9.17) is 5.84 Å². The van der Waals surface area contributed by atoms with Crippen LogP contribution in [0.25, 0.3) is 11.3 Å². The number of aromatic nitrogens is 2. The summed E-state index contributed by atoms with van der Waals surface area (Å²) in [6.45, 7) is 4.25. The summed E-state index contributed by atoms with van der Waals surface area (Å²) in [6, 6.07) is 16.7. The number of thioether (sulfide) groups is 1. The lowest BCUT2D eigenvalue weighted by Crippen LogP contribution is -2.07. The number of hydrogen-bond donors (Lipinski definition) is 1. The molecule has 1 heterocycles. The normalized spacial score (nSPS) is 10.8. The van der Waals surface area contributed by atoms with Crippen molar-refractivity contribution in [1.29, 1.82) is 0 Å². The summed E-state index contributed by atoms with van der Waals surface area (Å²) in [7, 11) is 0. The van der Waals surface area contributed by atoms with Gasteiger partial charge in [0.2, 0.25) is 0 Å². The van der Waals surface area contributed by atoms with Crippen molar-refractivity contribution in [1.82, 2.24) is 9.66 Å². The Morgan fingerprint density at radius 3 is 2.41 bits per heavy atom. The molecule has 0 aliphatic heterocycles. The highest BCUT2D eigenvalue weighted by Gasteiger charge is 2.09. The molecule has 3 nitrogen and oxygen atoms in total. The third-order valence-corrected chi connectivity index (χ3v) is 4.46. The van der Waals surface area contributed by atoms with Gasteiger partial charge in [0.15, 0.2) is 5.16 Å². The molecule has 0 radical (unpaired) electrons. The number of imidazole rings is 1. The van der Waals surface area contributed by atoms with Gasteiger partial charge in [-0.25, -0.2) is 9.66 Å². The number of rotatable bonds is 4. The van der Waals surface area contributed by atoms with Crippen LogP contribution in [0.5, 0.6) is 0 Å². The minimum atomic E-state index is 0.831. The molecule has 3 rings (SSSR count). The van der Waals surface area contributed by atoms with E-state index in [1.807, 2.05) is 36.5 Å². The van der Waals surface area contributed by atoms with Crippen LogP contribution in [0, 0.1) is 13.8 Å². The highest BCUT2D eigenvalue weighted by molar-refractivity contribution is 7.98. The average Bonchev–Trinajstić information content (AvgIpc) is 2.86. The van der Waals surface area contributed by atoms with Gasteiger partial charge in [-0.05, 0) is 19.4 Å². The zero-order chi connectivity index (χ0) is 15.5. The predicted molar refractivity (Wildman–Crippen MR) is 93.3 cm³/mol. The summed E-state index contributed by atoms with van der Waals surface area (Å²) in [6.07, 6.45) is 1.87. The number of benzene rings is 2. The van der Waals surface area contributed by atoms with Gasteiger partial charge in [0.1, 0.15) is 0 Å². The number of nitrogens with zero attached hydrogens (tertiary/aromatic N) is 2. The molecule has 22 heavy (non-hydrogen) atoms. The number of nitrogens with two attached hydrogens (primary N) is 1. The Morgan fingerprint density at radius 2 is 1.73 bits per heavy atom. The fraction of sp³-hybridized carbons (Fsp3) is 0.167. The summed E-state index contributed by atoms with van der Waals surface area (Å²) in [5.41, 5.74) is 5.87. The monoisotopic (exact) mass is 309 g/mol. The maximum absolute atomic E-state index is 6.04. The highest BCUT2D eigenvalue weighted by Crippen LogP contribution is 2.25. The maximum Gasteiger partial charge on any atom is 0.187 e. The first kappa shape index (κ1) is 14.7. The van der Waals surface area contributed by atoms with Crippen LogP contribution in [0.3, 0.4) is 0 Å². The Labute approximate surface area is 135 Å². The third kappa shape index (κ3) is 3.34. The second-order valence-corrected chi connectivity index (χ2v) is 6.41. The summed E-state index contributed by atoms with van der Waals surface area (Å²) in [5, 5.41) is 0.831. The molecule has 0 atom stereocenters. The molecule has 3 aromatic rings. The van der Waals surface area contributed by atoms with Crippen molar-refractivity contribution in [3.63, 3.8) is 0 Å². The van der Waals surface area contributed by atoms with Gasteiger partial charge < -0.3 is 5.84 Å². The van der Waals surface area contributed by atoms with Gasteiger partial charge >= 0.3 is 0 Å². The van der Waals surface area contributed by atoms with Crippen LogP contribution < -0.4 is 5.84 Å². The lowest BCUT2D eigenvalue weighted by molar-refractivity contribution is 0.851. The molecular formula is C18H19N3S. The molecule has 0 saturated heterocycles. The lowest BCUT2D eigenvalue weighted by Gasteiger charge is -2.04. The van der Waals surface area contributed by atoms with Crippen LogP contribution in [0.4, 0.5) is 0 Å². The Hall–Kier alpha value is -2.20. The first-order chi connectivity index (χ1) is 10.6. The van der Waals surface area contributed by atoms with Gasteiger partial charge in [-0.15, -0.1) is 0 Å². The summed E-state index contributed by atoms with van der Waals surface area (Å²) in [4.78, 5) is 4.64. The Bertz CT molecular complexity index is 758. The van der Waals surface area contributed by atoms with Crippen LogP contribution in [-0.4, -0.2) is 9.66 Å². The van der Waals surface area contributed by atoms with Crippen molar-refractivity contribution in [3.05, 3.63) is 71.4 Å². The van der Waals surface area contributed by atoms with Crippen LogP contribution >= 0.6 is 11.8 Å². The predicted octanol–water partition coefficient (Wildman–Crippen LogP) is 4.17. The minimum Gasteiger partial charge on any atom is -0.337 e. The lowest BCUT2D eigenvalue weighted by atomic mass is 10.1. The smallest absolute Gasteiger partial charge is 0.187 e. The number of nitrogen functional groups attached to an aromatic ring is 1. The standard InChI is InChI=1S/C18H19N3S/c1-13-8-14(2)10-15(9-13)12-22-18-20-17(11-21(18)19)16-6-4-3-5-7-16/h3-11H,12,19H2,1-2H3. The van der Waals surface area contributed by atoms with E-state index in [-0.39, 0.29) is 0 Å². The van der Waals surface area contributed by atoms with Crippen LogP contribution in [0.2, 0.25) is 0 Å². The molecule has 0 fully saturated rings. The maximum atomic E-state index is 6.04. The zero-order valence-electron chi connectivity index (χ0n) is 12.8. The minimum absolute atomic E-state index is 0.831. The largest absolute Gasteiger partial charge is 0.337 e. The fourth-order valence-corrected chi connectivity index (χ4v) is 3.36. The quantitative estimate of drug-likeness (QED) is 0.581. The Morgan fingerprint density at radius 1 is 1.05 bits per heavy atom. The van der Waals surface area contributed by atoms with Gasteiger partial charge in [-0.3, -0.25) is 0 Å². The van der Waals surface area contributed by atoms with Crippen molar-refractivity contribution in [3.8, 4) is 11.3 Å². The SMILES string of the molecule is Cc1cc(C)cc(CSc2nc(-c3ccccc3)cn2N)c1. The fourth-order valence-electron chi connectivity index (χ4n) is 2.53. The zero-order valence-corrected chi connectivity index (χ0v) is 13.6. The molecule has 0 unspecified atom stereocenters. The molecule has 4 heteroatoms. The molecule has 0 saturated carbocycles. The summed E-state index contributed by atoms with van der Waals surface area (Å²) >= 11 is 1.66. The molecule has 0 amide bonds. The Balaban J connectivity index is 1.77. The van der Waals surface area contributed by atoms with Crippen molar-refractivity contribution in [2.75, 3.05) is 5.84 Å². The van der Waals surface area contributed by atoms with E-state index in [0.717, 1.165) is 22.2 Å². The van der Waals surface area contributed by atoms with Crippen LogP contribution in [0.15, 0.2) is 59.9 Å². The molecule has 1 aromatic heterocycles. The van der Waals surface area contributed by atoms with Gasteiger partial charge in [0.25, 0.3) is 0 Å². The molecule has 112 valence electrons. The molecule has 0 spiro atoms. The van der Waals surface area contributed by atoms with Crippen LogP contribution in [0.1, 0.15) is 16.7 Å². The van der Waals surface area contributed by atoms with Crippen molar-refractivity contribution < 1.29 is 0 Å². The number of aryl methyl sites for hydroxylation is 2.